The van der Waals surface area contributed by atoms with E-state index < -0.39 is 0 Å². The van der Waals surface area contributed by atoms with E-state index in [1.165, 1.54) is 0 Å². The molecule has 0 amide bonds. The second-order valence-electron chi connectivity index (χ2n) is 5.61. The van der Waals surface area contributed by atoms with Crippen LogP contribution >= 0.6 is 0 Å². The van der Waals surface area contributed by atoms with Gasteiger partial charge in [-0.25, -0.2) is 4.98 Å². The molecular weight excluding hydrogens is 268 g/mol. The summed E-state index contributed by atoms with van der Waals surface area (Å²) in [6.07, 6.45) is 3.71. The molecule has 1 saturated heterocycles. The monoisotopic (exact) mass is 290 g/mol. The van der Waals surface area contributed by atoms with Crippen molar-refractivity contribution in [3.05, 3.63) is 6.33 Å². The lowest BCUT2D eigenvalue weighted by atomic mass is 10.0. The molecule has 2 atom stereocenters. The molecule has 1 fully saturated rings. The Balaban J connectivity index is 2.01. The van der Waals surface area contributed by atoms with Crippen molar-refractivity contribution in [3.63, 3.8) is 0 Å². The molecule has 2 aromatic heterocycles. The van der Waals surface area contributed by atoms with Gasteiger partial charge in [-0.2, -0.15) is 9.97 Å². The maximum absolute atomic E-state index is 9.68. The van der Waals surface area contributed by atoms with Crippen LogP contribution in [0.2, 0.25) is 0 Å². The average molecular weight is 290 g/mol. The van der Waals surface area contributed by atoms with E-state index in [1.54, 1.807) is 6.33 Å². The molecular formula is C14H22N6O. The zero-order valence-corrected chi connectivity index (χ0v) is 12.5. The van der Waals surface area contributed by atoms with Gasteiger partial charge in [-0.1, -0.05) is 13.8 Å². The highest BCUT2D eigenvalue weighted by Gasteiger charge is 2.33. The van der Waals surface area contributed by atoms with E-state index in [4.69, 9.17) is 0 Å². The lowest BCUT2D eigenvalue weighted by molar-refractivity contribution is 0.244. The van der Waals surface area contributed by atoms with Crippen LogP contribution in [0.15, 0.2) is 6.33 Å². The predicted octanol–water partition coefficient (Wildman–Crippen LogP) is 1.38. The van der Waals surface area contributed by atoms with Crippen LogP contribution < -0.4 is 10.2 Å². The number of fused-ring (bicyclic) bond motifs is 1. The van der Waals surface area contributed by atoms with E-state index >= 15 is 0 Å². The third kappa shape index (κ3) is 2.53. The fourth-order valence-electron chi connectivity index (χ4n) is 2.89. The maximum atomic E-state index is 9.68. The van der Waals surface area contributed by atoms with Crippen LogP contribution in [0, 0.1) is 5.92 Å². The Labute approximate surface area is 123 Å². The second-order valence-corrected chi connectivity index (χ2v) is 5.61. The molecule has 0 aliphatic carbocycles. The van der Waals surface area contributed by atoms with Crippen LogP contribution in [0.5, 0.6) is 0 Å². The number of aliphatic hydroxyl groups is 1. The Hall–Kier alpha value is -1.89. The summed E-state index contributed by atoms with van der Waals surface area (Å²) in [7, 11) is 0. The van der Waals surface area contributed by atoms with Gasteiger partial charge < -0.3 is 20.3 Å². The van der Waals surface area contributed by atoms with E-state index in [1.807, 2.05) is 0 Å². The van der Waals surface area contributed by atoms with Gasteiger partial charge >= 0.3 is 0 Å². The third-order valence-corrected chi connectivity index (χ3v) is 4.14. The first kappa shape index (κ1) is 14.1. The highest BCUT2D eigenvalue weighted by Crippen LogP contribution is 2.32. The minimum absolute atomic E-state index is 0.102. The fourth-order valence-corrected chi connectivity index (χ4v) is 2.89. The summed E-state index contributed by atoms with van der Waals surface area (Å²) in [4.78, 5) is 18.6. The Morgan fingerprint density at radius 2 is 2.33 bits per heavy atom. The number of rotatable bonds is 5. The van der Waals surface area contributed by atoms with Gasteiger partial charge in [0.2, 0.25) is 5.95 Å². The highest BCUT2D eigenvalue weighted by molar-refractivity contribution is 5.84. The second kappa shape index (κ2) is 5.85. The van der Waals surface area contributed by atoms with Crippen molar-refractivity contribution in [1.82, 2.24) is 19.9 Å². The van der Waals surface area contributed by atoms with Crippen molar-refractivity contribution in [3.8, 4) is 0 Å². The minimum Gasteiger partial charge on any atom is -0.394 e. The molecule has 21 heavy (non-hydrogen) atoms. The number of hydrogen-bond acceptors (Lipinski definition) is 6. The molecule has 7 nitrogen and oxygen atoms in total. The Kier molecular flexibility index (Phi) is 3.92. The van der Waals surface area contributed by atoms with Gasteiger partial charge in [0.05, 0.1) is 19.0 Å². The van der Waals surface area contributed by atoms with Crippen LogP contribution in [0.3, 0.4) is 0 Å². The number of nitrogens with zero attached hydrogens (tertiary/aromatic N) is 4. The highest BCUT2D eigenvalue weighted by atomic mass is 16.3. The molecule has 7 heteroatoms. The first-order valence-corrected chi connectivity index (χ1v) is 7.57. The van der Waals surface area contributed by atoms with E-state index in [9.17, 15) is 5.11 Å². The van der Waals surface area contributed by atoms with Crippen LogP contribution in [0.25, 0.3) is 11.2 Å². The molecule has 0 radical (unpaired) electrons. The average Bonchev–Trinajstić information content (AvgIpc) is 3.10. The lowest BCUT2D eigenvalue weighted by Crippen LogP contribution is -2.36. The van der Waals surface area contributed by atoms with Gasteiger partial charge in [0.15, 0.2) is 11.5 Å². The van der Waals surface area contributed by atoms with E-state index in [-0.39, 0.29) is 12.6 Å². The fraction of sp³-hybridized carbons (Fsp3) is 0.643. The number of nitrogens with one attached hydrogen (secondary N) is 2. The van der Waals surface area contributed by atoms with Gasteiger partial charge in [0, 0.05) is 13.1 Å². The van der Waals surface area contributed by atoms with Crippen molar-refractivity contribution < 1.29 is 5.11 Å². The SMILES string of the molecule is CCCNc1nc(N2CCC(C)C2CO)c2[nH]cnc2n1. The number of aliphatic hydroxyl groups excluding tert-OH is 1. The molecule has 1 aliphatic heterocycles. The molecule has 114 valence electrons. The number of H-pyrrole nitrogens is 1. The van der Waals surface area contributed by atoms with Crippen molar-refractivity contribution in [1.29, 1.82) is 0 Å². The largest absolute Gasteiger partial charge is 0.394 e. The van der Waals surface area contributed by atoms with Crippen LogP contribution in [0.1, 0.15) is 26.7 Å². The number of aromatic amines is 1. The summed E-state index contributed by atoms with van der Waals surface area (Å²) >= 11 is 0. The van der Waals surface area contributed by atoms with Crippen LogP contribution in [-0.4, -0.2) is 50.8 Å². The summed E-state index contributed by atoms with van der Waals surface area (Å²) in [6.45, 7) is 6.13. The van der Waals surface area contributed by atoms with Crippen molar-refractivity contribution >= 4 is 22.9 Å². The first-order chi connectivity index (χ1) is 10.2. The summed E-state index contributed by atoms with van der Waals surface area (Å²) in [6, 6.07) is 0.102. The quantitative estimate of drug-likeness (QED) is 0.771. The van der Waals surface area contributed by atoms with E-state index in [2.05, 4.69) is 44.0 Å². The topological polar surface area (TPSA) is 90.0 Å². The first-order valence-electron chi connectivity index (χ1n) is 7.57. The smallest absolute Gasteiger partial charge is 0.226 e. The van der Waals surface area contributed by atoms with Gasteiger partial charge in [-0.05, 0) is 18.8 Å². The van der Waals surface area contributed by atoms with Gasteiger partial charge in [-0.15, -0.1) is 0 Å². The van der Waals surface area contributed by atoms with Crippen molar-refractivity contribution in [2.45, 2.75) is 32.7 Å². The normalized spacial score (nSPS) is 22.1. The van der Waals surface area contributed by atoms with Gasteiger partial charge in [0.1, 0.15) is 5.52 Å². The van der Waals surface area contributed by atoms with Crippen molar-refractivity contribution in [2.24, 2.45) is 5.92 Å². The molecule has 2 unspecified atom stereocenters. The number of hydrogen-bond donors (Lipinski definition) is 3. The number of anilines is 2. The molecule has 2 aromatic rings. The zero-order chi connectivity index (χ0) is 14.8. The van der Waals surface area contributed by atoms with Crippen LogP contribution in [-0.2, 0) is 0 Å². The van der Waals surface area contributed by atoms with Gasteiger partial charge in [-0.3, -0.25) is 0 Å². The lowest BCUT2D eigenvalue weighted by Gasteiger charge is -2.26. The summed E-state index contributed by atoms with van der Waals surface area (Å²) in [5.41, 5.74) is 1.50. The molecule has 0 aromatic carbocycles. The Bertz CT molecular complexity index is 613. The Morgan fingerprint density at radius 3 is 3.10 bits per heavy atom. The minimum atomic E-state index is 0.102. The number of imidazole rings is 1. The molecule has 0 bridgehead atoms. The van der Waals surface area contributed by atoms with Gasteiger partial charge in [0.25, 0.3) is 0 Å². The molecule has 3 heterocycles. The molecule has 0 saturated carbocycles. The van der Waals surface area contributed by atoms with Crippen LogP contribution in [0.4, 0.5) is 11.8 Å². The van der Waals surface area contributed by atoms with E-state index in [0.717, 1.165) is 37.3 Å². The molecule has 0 spiro atoms. The number of aromatic nitrogens is 4. The Morgan fingerprint density at radius 1 is 1.48 bits per heavy atom. The standard InChI is InChI=1S/C14H22N6O/c1-3-5-15-14-18-12-11(16-8-17-12)13(19-14)20-6-4-9(2)10(20)7-21/h8-10,21H,3-7H2,1-2H3,(H2,15,16,17,18,19). The molecule has 3 rings (SSSR count). The predicted molar refractivity (Wildman–Crippen MR) is 82.5 cm³/mol. The van der Waals surface area contributed by atoms with Crippen molar-refractivity contribution in [2.75, 3.05) is 29.9 Å². The third-order valence-electron chi connectivity index (χ3n) is 4.14. The molecule has 3 N–H and O–H groups in total. The maximum Gasteiger partial charge on any atom is 0.226 e. The summed E-state index contributed by atoms with van der Waals surface area (Å²) in [5, 5.41) is 12.9. The zero-order valence-electron chi connectivity index (χ0n) is 12.5. The summed E-state index contributed by atoms with van der Waals surface area (Å²) < 4.78 is 0. The summed E-state index contributed by atoms with van der Waals surface area (Å²) in [5.74, 6) is 1.89. The van der Waals surface area contributed by atoms with E-state index in [0.29, 0.717) is 17.5 Å². The molecule has 1 aliphatic rings.